The molecule has 0 bridgehead atoms. The lowest BCUT2D eigenvalue weighted by atomic mass is 10.1. The molecule has 1 aliphatic rings. The molecule has 1 unspecified atom stereocenters. The maximum atomic E-state index is 5.88. The number of nitrogens with zero attached hydrogens (tertiary/aromatic N) is 2. The van der Waals surface area contributed by atoms with Gasteiger partial charge in [0.25, 0.3) is 0 Å². The Hall–Kier alpha value is -1.85. The smallest absolute Gasteiger partial charge is 0.114 e. The van der Waals surface area contributed by atoms with E-state index in [0.29, 0.717) is 5.69 Å². The topological polar surface area (TPSA) is 67.2 Å². The molecule has 1 atom stereocenters. The van der Waals surface area contributed by atoms with Gasteiger partial charge in [0.15, 0.2) is 0 Å². The number of nitrogens with one attached hydrogen (secondary N) is 1. The van der Waals surface area contributed by atoms with Crippen LogP contribution in [0.5, 0.6) is 0 Å². The largest absolute Gasteiger partial charge is 0.396 e. The molecule has 1 aromatic carbocycles. The van der Waals surface area contributed by atoms with Gasteiger partial charge in [-0.2, -0.15) is 5.10 Å². The Balaban J connectivity index is 1.67. The van der Waals surface area contributed by atoms with Crippen LogP contribution in [0.4, 0.5) is 5.69 Å². The number of hydrogen-bond acceptors (Lipinski definition) is 4. The first-order valence-corrected chi connectivity index (χ1v) is 6.49. The van der Waals surface area contributed by atoms with E-state index < -0.39 is 0 Å². The molecule has 0 aliphatic carbocycles. The highest BCUT2D eigenvalue weighted by molar-refractivity contribution is 5.41. The van der Waals surface area contributed by atoms with Crippen molar-refractivity contribution in [2.24, 2.45) is 0 Å². The van der Waals surface area contributed by atoms with Crippen molar-refractivity contribution in [3.8, 4) is 0 Å². The Kier molecular flexibility index (Phi) is 3.48. The maximum absolute atomic E-state index is 5.88. The van der Waals surface area contributed by atoms with Crippen LogP contribution in [0.1, 0.15) is 17.4 Å². The number of rotatable bonds is 3. The lowest BCUT2D eigenvalue weighted by Crippen LogP contribution is -2.38. The van der Waals surface area contributed by atoms with Gasteiger partial charge < -0.3 is 10.5 Å². The minimum Gasteiger partial charge on any atom is -0.396 e. The van der Waals surface area contributed by atoms with Gasteiger partial charge in [-0.1, -0.05) is 30.3 Å². The van der Waals surface area contributed by atoms with Crippen molar-refractivity contribution in [1.29, 1.82) is 0 Å². The van der Waals surface area contributed by atoms with Crippen LogP contribution in [-0.2, 0) is 11.3 Å². The van der Waals surface area contributed by atoms with Gasteiger partial charge in [-0.05, 0) is 5.56 Å². The first-order valence-electron chi connectivity index (χ1n) is 6.49. The summed E-state index contributed by atoms with van der Waals surface area (Å²) in [5.74, 6) is 0. The van der Waals surface area contributed by atoms with Crippen molar-refractivity contribution in [1.82, 2.24) is 15.1 Å². The molecule has 5 nitrogen and oxygen atoms in total. The van der Waals surface area contributed by atoms with E-state index in [2.05, 4.69) is 39.4 Å². The number of benzene rings is 1. The minimum absolute atomic E-state index is 0.0139. The Morgan fingerprint density at radius 2 is 2.21 bits per heavy atom. The minimum atomic E-state index is -0.0139. The van der Waals surface area contributed by atoms with Crippen LogP contribution in [0.15, 0.2) is 36.5 Å². The third-order valence-corrected chi connectivity index (χ3v) is 3.42. The second-order valence-corrected chi connectivity index (χ2v) is 4.82. The van der Waals surface area contributed by atoms with Gasteiger partial charge >= 0.3 is 0 Å². The number of anilines is 1. The molecule has 0 spiro atoms. The summed E-state index contributed by atoms with van der Waals surface area (Å²) in [6, 6.07) is 10.5. The molecule has 100 valence electrons. The molecule has 1 fully saturated rings. The van der Waals surface area contributed by atoms with E-state index >= 15 is 0 Å². The third-order valence-electron chi connectivity index (χ3n) is 3.42. The van der Waals surface area contributed by atoms with Crippen LogP contribution in [0.25, 0.3) is 0 Å². The predicted molar refractivity (Wildman–Crippen MR) is 73.4 cm³/mol. The number of ether oxygens (including phenoxy) is 1. The number of morpholine rings is 1. The van der Waals surface area contributed by atoms with Crippen molar-refractivity contribution in [2.75, 3.05) is 25.4 Å². The fraction of sp³-hybridized carbons (Fsp3) is 0.357. The van der Waals surface area contributed by atoms with Crippen molar-refractivity contribution >= 4 is 5.69 Å². The van der Waals surface area contributed by atoms with Crippen LogP contribution in [-0.4, -0.2) is 34.8 Å². The van der Waals surface area contributed by atoms with E-state index in [1.54, 1.807) is 6.20 Å². The molecule has 2 heterocycles. The van der Waals surface area contributed by atoms with Gasteiger partial charge in [0.1, 0.15) is 6.10 Å². The zero-order valence-corrected chi connectivity index (χ0v) is 10.7. The molecular weight excluding hydrogens is 240 g/mol. The summed E-state index contributed by atoms with van der Waals surface area (Å²) in [5.41, 5.74) is 8.76. The van der Waals surface area contributed by atoms with Crippen LogP contribution >= 0.6 is 0 Å². The van der Waals surface area contributed by atoms with Crippen LogP contribution in [0.3, 0.4) is 0 Å². The highest BCUT2D eigenvalue weighted by atomic mass is 16.5. The van der Waals surface area contributed by atoms with E-state index in [4.69, 9.17) is 10.5 Å². The van der Waals surface area contributed by atoms with Crippen LogP contribution in [0, 0.1) is 0 Å². The average Bonchev–Trinajstić information content (AvgIpc) is 2.86. The summed E-state index contributed by atoms with van der Waals surface area (Å²) in [4.78, 5) is 2.38. The second kappa shape index (κ2) is 5.42. The molecular formula is C14H18N4O. The van der Waals surface area contributed by atoms with Crippen LogP contribution in [0.2, 0.25) is 0 Å². The summed E-state index contributed by atoms with van der Waals surface area (Å²) >= 11 is 0. The van der Waals surface area contributed by atoms with E-state index in [0.717, 1.165) is 31.9 Å². The van der Waals surface area contributed by atoms with Gasteiger partial charge in [-0.15, -0.1) is 0 Å². The number of H-pyrrole nitrogens is 1. The van der Waals surface area contributed by atoms with Crippen LogP contribution < -0.4 is 5.73 Å². The summed E-state index contributed by atoms with van der Waals surface area (Å²) in [5, 5.41) is 6.89. The molecule has 3 N–H and O–H groups in total. The Bertz CT molecular complexity index is 525. The zero-order chi connectivity index (χ0) is 13.1. The summed E-state index contributed by atoms with van der Waals surface area (Å²) < 4.78 is 5.78. The van der Waals surface area contributed by atoms with E-state index in [-0.39, 0.29) is 6.10 Å². The van der Waals surface area contributed by atoms with Gasteiger partial charge in [-0.25, -0.2) is 0 Å². The third kappa shape index (κ3) is 2.77. The lowest BCUT2D eigenvalue weighted by Gasteiger charge is -2.32. The summed E-state index contributed by atoms with van der Waals surface area (Å²) in [6.07, 6.45) is 1.62. The first kappa shape index (κ1) is 12.2. The number of aromatic nitrogens is 2. The van der Waals surface area contributed by atoms with Gasteiger partial charge in [0, 0.05) is 19.6 Å². The van der Waals surface area contributed by atoms with Gasteiger partial charge in [-0.3, -0.25) is 10.00 Å². The average molecular weight is 258 g/mol. The van der Waals surface area contributed by atoms with Crippen molar-refractivity contribution in [3.05, 3.63) is 47.8 Å². The number of hydrogen-bond donors (Lipinski definition) is 2. The number of aromatic amines is 1. The molecule has 5 heteroatoms. The fourth-order valence-corrected chi connectivity index (χ4v) is 2.43. The van der Waals surface area contributed by atoms with E-state index in [1.807, 2.05) is 6.07 Å². The molecule has 19 heavy (non-hydrogen) atoms. The molecule has 0 saturated carbocycles. The maximum Gasteiger partial charge on any atom is 0.114 e. The van der Waals surface area contributed by atoms with Crippen molar-refractivity contribution in [3.63, 3.8) is 0 Å². The summed E-state index contributed by atoms with van der Waals surface area (Å²) in [6.45, 7) is 3.44. The zero-order valence-electron chi connectivity index (χ0n) is 10.7. The molecule has 1 saturated heterocycles. The predicted octanol–water partition coefficient (Wildman–Crippen LogP) is 1.57. The SMILES string of the molecule is Nc1cn[nH]c1C1CN(Cc2ccccc2)CCO1. The van der Waals surface area contributed by atoms with Gasteiger partial charge in [0.05, 0.1) is 24.2 Å². The van der Waals surface area contributed by atoms with Crippen molar-refractivity contribution in [2.45, 2.75) is 12.6 Å². The second-order valence-electron chi connectivity index (χ2n) is 4.82. The molecule has 3 rings (SSSR count). The number of nitrogens with two attached hydrogens (primary N) is 1. The van der Waals surface area contributed by atoms with Gasteiger partial charge in [0.2, 0.25) is 0 Å². The monoisotopic (exact) mass is 258 g/mol. The molecule has 0 radical (unpaired) electrons. The highest BCUT2D eigenvalue weighted by Gasteiger charge is 2.24. The Morgan fingerprint density at radius 3 is 2.95 bits per heavy atom. The molecule has 1 aromatic heterocycles. The Labute approximate surface area is 112 Å². The fourth-order valence-electron chi connectivity index (χ4n) is 2.43. The summed E-state index contributed by atoms with van der Waals surface area (Å²) in [7, 11) is 0. The normalized spacial score (nSPS) is 20.5. The lowest BCUT2D eigenvalue weighted by molar-refractivity contribution is -0.0346. The highest BCUT2D eigenvalue weighted by Crippen LogP contribution is 2.25. The first-order chi connectivity index (χ1) is 9.33. The molecule has 0 amide bonds. The van der Waals surface area contributed by atoms with Crippen molar-refractivity contribution < 1.29 is 4.74 Å². The molecule has 2 aromatic rings. The molecule has 1 aliphatic heterocycles. The standard InChI is InChI=1S/C14H18N4O/c15-12-8-16-17-14(12)13-10-18(6-7-19-13)9-11-4-2-1-3-5-11/h1-5,8,13H,6-7,9-10,15H2,(H,16,17). The van der Waals surface area contributed by atoms with E-state index in [1.165, 1.54) is 5.56 Å². The quantitative estimate of drug-likeness (QED) is 0.877. The number of nitrogen functional groups attached to an aromatic ring is 1. The Morgan fingerprint density at radius 1 is 1.37 bits per heavy atom. The van der Waals surface area contributed by atoms with E-state index in [9.17, 15) is 0 Å².